The number of halogens is 2. The van der Waals surface area contributed by atoms with Crippen molar-refractivity contribution in [2.75, 3.05) is 11.9 Å². The molecule has 0 fully saturated rings. The summed E-state index contributed by atoms with van der Waals surface area (Å²) in [4.78, 5) is 11.6. The average Bonchev–Trinajstić information content (AvgIpc) is 2.19. The van der Waals surface area contributed by atoms with Crippen LogP contribution in [0.1, 0.15) is 26.3 Å². The highest BCUT2D eigenvalue weighted by atomic mass is 79.9. The van der Waals surface area contributed by atoms with Crippen LogP contribution in [-0.2, 0) is 4.79 Å². The van der Waals surface area contributed by atoms with E-state index in [-0.39, 0.29) is 23.8 Å². The van der Waals surface area contributed by atoms with E-state index in [2.05, 4.69) is 26.6 Å². The molecule has 0 aliphatic rings. The van der Waals surface area contributed by atoms with E-state index in [4.69, 9.17) is 0 Å². The number of nitrogens with one attached hydrogen (secondary N) is 2. The van der Waals surface area contributed by atoms with E-state index >= 15 is 0 Å². The molecule has 18 heavy (non-hydrogen) atoms. The maximum atomic E-state index is 13.2. The lowest BCUT2D eigenvalue weighted by molar-refractivity contribution is -0.120. The third kappa shape index (κ3) is 4.64. The second-order valence-electron chi connectivity index (χ2n) is 5.23. The van der Waals surface area contributed by atoms with Crippen LogP contribution in [0.25, 0.3) is 0 Å². The molecule has 0 radical (unpaired) electrons. The van der Waals surface area contributed by atoms with Gasteiger partial charge in [-0.05, 0) is 61.3 Å². The molecular formula is C13H18BrFN2O. The van der Waals surface area contributed by atoms with E-state index in [1.807, 2.05) is 20.8 Å². The number of hydrogen-bond acceptors (Lipinski definition) is 2. The Morgan fingerprint density at radius 2 is 2.00 bits per heavy atom. The molecule has 1 amide bonds. The van der Waals surface area contributed by atoms with Crippen LogP contribution in [0.5, 0.6) is 0 Å². The zero-order valence-corrected chi connectivity index (χ0v) is 12.6. The first-order valence-electron chi connectivity index (χ1n) is 5.69. The number of rotatable bonds is 3. The molecule has 1 aromatic rings. The fraction of sp³-hybridized carbons (Fsp3) is 0.462. The van der Waals surface area contributed by atoms with Crippen molar-refractivity contribution in [2.24, 2.45) is 0 Å². The van der Waals surface area contributed by atoms with E-state index in [9.17, 15) is 9.18 Å². The Balaban J connectivity index is 2.64. The molecule has 0 bridgehead atoms. The summed E-state index contributed by atoms with van der Waals surface area (Å²) in [5.74, 6) is -0.403. The van der Waals surface area contributed by atoms with Crippen molar-refractivity contribution in [1.29, 1.82) is 0 Å². The molecule has 2 N–H and O–H groups in total. The van der Waals surface area contributed by atoms with Gasteiger partial charge in [-0.2, -0.15) is 0 Å². The molecule has 0 aliphatic heterocycles. The number of aryl methyl sites for hydroxylation is 1. The smallest absolute Gasteiger partial charge is 0.239 e. The summed E-state index contributed by atoms with van der Waals surface area (Å²) in [6.07, 6.45) is 0. The van der Waals surface area contributed by atoms with Gasteiger partial charge in [0, 0.05) is 11.2 Å². The summed E-state index contributed by atoms with van der Waals surface area (Å²) in [6, 6.07) is 3.06. The Bertz CT molecular complexity index is 455. The molecule has 0 atom stereocenters. The molecule has 0 aliphatic carbocycles. The molecule has 0 saturated carbocycles. The normalized spacial score (nSPS) is 11.2. The van der Waals surface area contributed by atoms with Crippen LogP contribution in [0.3, 0.4) is 0 Å². The van der Waals surface area contributed by atoms with Gasteiger partial charge >= 0.3 is 0 Å². The van der Waals surface area contributed by atoms with Crippen LogP contribution in [0.15, 0.2) is 16.6 Å². The molecule has 5 heteroatoms. The van der Waals surface area contributed by atoms with Gasteiger partial charge in [-0.15, -0.1) is 0 Å². The lowest BCUT2D eigenvalue weighted by Gasteiger charge is -2.21. The van der Waals surface area contributed by atoms with Crippen LogP contribution in [0, 0.1) is 12.7 Å². The molecule has 0 unspecified atom stereocenters. The second kappa shape index (κ2) is 5.69. The fourth-order valence-corrected chi connectivity index (χ4v) is 1.82. The number of amides is 1. The molecule has 0 heterocycles. The Kier molecular flexibility index (Phi) is 4.73. The van der Waals surface area contributed by atoms with Crippen LogP contribution in [-0.4, -0.2) is 18.0 Å². The average molecular weight is 317 g/mol. The Morgan fingerprint density at radius 1 is 1.39 bits per heavy atom. The van der Waals surface area contributed by atoms with E-state index in [0.29, 0.717) is 4.47 Å². The minimum atomic E-state index is -0.308. The first-order valence-corrected chi connectivity index (χ1v) is 6.49. The van der Waals surface area contributed by atoms with Gasteiger partial charge in [0.25, 0.3) is 0 Å². The zero-order valence-electron chi connectivity index (χ0n) is 11.0. The van der Waals surface area contributed by atoms with Gasteiger partial charge in [-0.25, -0.2) is 4.39 Å². The third-order valence-electron chi connectivity index (χ3n) is 2.22. The fourth-order valence-electron chi connectivity index (χ4n) is 1.47. The quantitative estimate of drug-likeness (QED) is 0.899. The number of hydrogen-bond donors (Lipinski definition) is 2. The summed E-state index contributed by atoms with van der Waals surface area (Å²) in [6.45, 7) is 7.72. The summed E-state index contributed by atoms with van der Waals surface area (Å²) >= 11 is 3.12. The second-order valence-corrected chi connectivity index (χ2v) is 6.09. The first kappa shape index (κ1) is 15.0. The van der Waals surface area contributed by atoms with Gasteiger partial charge in [-0.1, -0.05) is 0 Å². The maximum Gasteiger partial charge on any atom is 0.239 e. The summed E-state index contributed by atoms with van der Waals surface area (Å²) in [5, 5.41) is 5.84. The van der Waals surface area contributed by atoms with E-state index < -0.39 is 0 Å². The highest BCUT2D eigenvalue weighted by Crippen LogP contribution is 2.23. The zero-order chi connectivity index (χ0) is 13.9. The van der Waals surface area contributed by atoms with Crippen molar-refractivity contribution < 1.29 is 9.18 Å². The molecule has 1 rings (SSSR count). The number of benzene rings is 1. The molecule has 100 valence electrons. The van der Waals surface area contributed by atoms with Crippen LogP contribution in [0.2, 0.25) is 0 Å². The van der Waals surface area contributed by atoms with Crippen molar-refractivity contribution >= 4 is 27.5 Å². The molecule has 1 aromatic carbocycles. The predicted molar refractivity (Wildman–Crippen MR) is 75.2 cm³/mol. The van der Waals surface area contributed by atoms with Crippen LogP contribution >= 0.6 is 15.9 Å². The summed E-state index contributed by atoms with van der Waals surface area (Å²) < 4.78 is 13.6. The van der Waals surface area contributed by atoms with Crippen molar-refractivity contribution in [1.82, 2.24) is 5.32 Å². The van der Waals surface area contributed by atoms with Gasteiger partial charge in [0.2, 0.25) is 5.91 Å². The van der Waals surface area contributed by atoms with E-state index in [1.165, 1.54) is 6.07 Å². The Morgan fingerprint density at radius 3 is 2.56 bits per heavy atom. The molecule has 0 saturated heterocycles. The first-order chi connectivity index (χ1) is 8.19. The summed E-state index contributed by atoms with van der Waals surface area (Å²) in [5.41, 5.74) is 1.25. The number of carbonyl (C=O) groups is 1. The largest absolute Gasteiger partial charge is 0.376 e. The molecule has 3 nitrogen and oxygen atoms in total. The molecular weight excluding hydrogens is 299 g/mol. The van der Waals surface area contributed by atoms with Crippen molar-refractivity contribution in [3.63, 3.8) is 0 Å². The predicted octanol–water partition coefficient (Wildman–Crippen LogP) is 3.22. The topological polar surface area (TPSA) is 41.1 Å². The van der Waals surface area contributed by atoms with Gasteiger partial charge in [0.05, 0.1) is 11.0 Å². The van der Waals surface area contributed by atoms with Gasteiger partial charge in [-0.3, -0.25) is 4.79 Å². The lowest BCUT2D eigenvalue weighted by Crippen LogP contribution is -2.43. The molecule has 0 aromatic heterocycles. The highest BCUT2D eigenvalue weighted by Gasteiger charge is 2.13. The van der Waals surface area contributed by atoms with Gasteiger partial charge < -0.3 is 10.6 Å². The number of anilines is 1. The van der Waals surface area contributed by atoms with Gasteiger partial charge in [0.15, 0.2) is 0 Å². The van der Waals surface area contributed by atoms with E-state index in [0.717, 1.165) is 11.3 Å². The third-order valence-corrected chi connectivity index (χ3v) is 2.83. The summed E-state index contributed by atoms with van der Waals surface area (Å²) in [7, 11) is 0. The number of carbonyl (C=O) groups excluding carboxylic acids is 1. The van der Waals surface area contributed by atoms with Crippen molar-refractivity contribution in [3.05, 3.63) is 28.0 Å². The van der Waals surface area contributed by atoms with Crippen molar-refractivity contribution in [3.8, 4) is 0 Å². The van der Waals surface area contributed by atoms with Crippen LogP contribution in [0.4, 0.5) is 10.1 Å². The Hall–Kier alpha value is -1.10. The standard InChI is InChI=1S/C13H18BrFN2O/c1-8-5-10(15)9(14)6-11(8)16-7-12(18)17-13(2,3)4/h5-6,16H,7H2,1-4H3,(H,17,18). The van der Waals surface area contributed by atoms with E-state index in [1.54, 1.807) is 13.0 Å². The minimum Gasteiger partial charge on any atom is -0.376 e. The Labute approximate surface area is 115 Å². The maximum absolute atomic E-state index is 13.2. The molecule has 0 spiro atoms. The minimum absolute atomic E-state index is 0.0950. The highest BCUT2D eigenvalue weighted by molar-refractivity contribution is 9.10. The van der Waals surface area contributed by atoms with Crippen molar-refractivity contribution in [2.45, 2.75) is 33.2 Å². The van der Waals surface area contributed by atoms with Crippen LogP contribution < -0.4 is 10.6 Å². The van der Waals surface area contributed by atoms with Gasteiger partial charge in [0.1, 0.15) is 5.82 Å². The monoisotopic (exact) mass is 316 g/mol. The lowest BCUT2D eigenvalue weighted by atomic mass is 10.1. The SMILES string of the molecule is Cc1cc(F)c(Br)cc1NCC(=O)NC(C)(C)C.